The minimum absolute atomic E-state index is 0.0503. The summed E-state index contributed by atoms with van der Waals surface area (Å²) >= 11 is 0. The Morgan fingerprint density at radius 1 is 1.14 bits per heavy atom. The SMILES string of the molecule is CCCCN1C(=O)N[C@@](NC(=O)c2ccc(C(C)(C)C)cc2)(C(F)(F)F)C1=O. The third-order valence-electron chi connectivity index (χ3n) is 4.58. The Bertz CT molecular complexity index is 769. The van der Waals surface area contributed by atoms with E-state index >= 15 is 0 Å². The first kappa shape index (κ1) is 21.7. The maximum absolute atomic E-state index is 13.8. The van der Waals surface area contributed by atoms with Gasteiger partial charge in [-0.1, -0.05) is 46.2 Å². The standard InChI is InChI=1S/C19H24F3N3O3/c1-5-6-11-25-15(27)18(19(20,21)22,24-16(25)28)23-14(26)12-7-9-13(10-8-12)17(2,3)4/h7-10H,5-6,11H2,1-4H3,(H,23,26)(H,24,28)/t18-/m1/s1. The maximum Gasteiger partial charge on any atom is 0.440 e. The summed E-state index contributed by atoms with van der Waals surface area (Å²) in [6.45, 7) is 7.49. The highest BCUT2D eigenvalue weighted by atomic mass is 19.4. The smallest absolute Gasteiger partial charge is 0.314 e. The van der Waals surface area contributed by atoms with Crippen LogP contribution in [0.5, 0.6) is 0 Å². The molecule has 4 amide bonds. The van der Waals surface area contributed by atoms with Crippen molar-refractivity contribution in [3.8, 4) is 0 Å². The van der Waals surface area contributed by atoms with Gasteiger partial charge in [0.1, 0.15) is 0 Å². The number of halogens is 3. The highest BCUT2D eigenvalue weighted by Gasteiger charge is 2.68. The second-order valence-corrected chi connectivity index (χ2v) is 7.77. The normalized spacial score (nSPS) is 20.3. The molecule has 2 N–H and O–H groups in total. The van der Waals surface area contributed by atoms with Crippen LogP contribution in [0.15, 0.2) is 24.3 Å². The van der Waals surface area contributed by atoms with Gasteiger partial charge in [-0.3, -0.25) is 19.8 Å². The highest BCUT2D eigenvalue weighted by molar-refractivity contribution is 6.10. The number of imide groups is 1. The van der Waals surface area contributed by atoms with E-state index in [4.69, 9.17) is 0 Å². The lowest BCUT2D eigenvalue weighted by Gasteiger charge is -2.30. The number of hydrogen-bond donors (Lipinski definition) is 2. The Morgan fingerprint density at radius 2 is 1.71 bits per heavy atom. The summed E-state index contributed by atoms with van der Waals surface area (Å²) in [5, 5.41) is 3.34. The van der Waals surface area contributed by atoms with Crippen molar-refractivity contribution in [1.29, 1.82) is 0 Å². The van der Waals surface area contributed by atoms with E-state index in [-0.39, 0.29) is 17.5 Å². The van der Waals surface area contributed by atoms with Crippen LogP contribution in [0.4, 0.5) is 18.0 Å². The van der Waals surface area contributed by atoms with E-state index in [1.807, 2.05) is 20.8 Å². The predicted octanol–water partition coefficient (Wildman–Crippen LogP) is 3.32. The van der Waals surface area contributed by atoms with Crippen LogP contribution in [0.1, 0.15) is 56.5 Å². The third kappa shape index (κ3) is 3.98. The topological polar surface area (TPSA) is 78.5 Å². The van der Waals surface area contributed by atoms with Gasteiger partial charge in [-0.2, -0.15) is 13.2 Å². The van der Waals surface area contributed by atoms with Crippen molar-refractivity contribution in [3.05, 3.63) is 35.4 Å². The molecule has 1 fully saturated rings. The van der Waals surface area contributed by atoms with E-state index in [9.17, 15) is 27.6 Å². The first-order chi connectivity index (χ1) is 12.8. The summed E-state index contributed by atoms with van der Waals surface area (Å²) in [5.41, 5.74) is -2.83. The molecule has 1 aromatic rings. The minimum Gasteiger partial charge on any atom is -0.314 e. The molecule has 154 valence electrons. The van der Waals surface area contributed by atoms with Gasteiger partial charge in [-0.15, -0.1) is 0 Å². The van der Waals surface area contributed by atoms with Crippen molar-refractivity contribution in [1.82, 2.24) is 15.5 Å². The molecule has 1 atom stereocenters. The molecular formula is C19H24F3N3O3. The first-order valence-electron chi connectivity index (χ1n) is 8.97. The van der Waals surface area contributed by atoms with E-state index in [0.717, 1.165) is 5.56 Å². The van der Waals surface area contributed by atoms with Gasteiger partial charge in [0.15, 0.2) is 0 Å². The number of rotatable bonds is 5. The number of nitrogens with zero attached hydrogens (tertiary/aromatic N) is 1. The molecule has 0 saturated carbocycles. The van der Waals surface area contributed by atoms with Gasteiger partial charge < -0.3 is 5.32 Å². The Balaban J connectivity index is 2.32. The van der Waals surface area contributed by atoms with Crippen LogP contribution in [0.2, 0.25) is 0 Å². The highest BCUT2D eigenvalue weighted by Crippen LogP contribution is 2.34. The fourth-order valence-corrected chi connectivity index (χ4v) is 2.81. The molecule has 0 unspecified atom stereocenters. The average molecular weight is 399 g/mol. The fourth-order valence-electron chi connectivity index (χ4n) is 2.81. The van der Waals surface area contributed by atoms with Crippen molar-refractivity contribution in [2.24, 2.45) is 0 Å². The molecule has 0 aromatic heterocycles. The molecule has 0 radical (unpaired) electrons. The molecule has 9 heteroatoms. The van der Waals surface area contributed by atoms with Crippen molar-refractivity contribution < 1.29 is 27.6 Å². The zero-order chi connectivity index (χ0) is 21.3. The summed E-state index contributed by atoms with van der Waals surface area (Å²) in [7, 11) is 0. The second-order valence-electron chi connectivity index (χ2n) is 7.77. The molecule has 0 aliphatic carbocycles. The van der Waals surface area contributed by atoms with Gasteiger partial charge in [-0.25, -0.2) is 4.79 Å². The number of hydrogen-bond acceptors (Lipinski definition) is 3. The van der Waals surface area contributed by atoms with Gasteiger partial charge in [0.05, 0.1) is 0 Å². The van der Waals surface area contributed by atoms with Gasteiger partial charge in [0, 0.05) is 12.1 Å². The summed E-state index contributed by atoms with van der Waals surface area (Å²) < 4.78 is 41.3. The van der Waals surface area contributed by atoms with Crippen molar-refractivity contribution >= 4 is 17.8 Å². The first-order valence-corrected chi connectivity index (χ1v) is 8.97. The van der Waals surface area contributed by atoms with Crippen molar-refractivity contribution in [2.75, 3.05) is 6.54 Å². The number of nitrogens with one attached hydrogen (secondary N) is 2. The number of amides is 4. The quantitative estimate of drug-likeness (QED) is 0.746. The Labute approximate surface area is 161 Å². The molecule has 1 saturated heterocycles. The van der Waals surface area contributed by atoms with E-state index in [1.54, 1.807) is 29.7 Å². The number of unbranched alkanes of at least 4 members (excludes halogenated alkanes) is 1. The van der Waals surface area contributed by atoms with E-state index in [2.05, 4.69) is 0 Å². The summed E-state index contributed by atoms with van der Waals surface area (Å²) in [5.74, 6) is -2.64. The molecule has 1 aromatic carbocycles. The Morgan fingerprint density at radius 3 is 2.18 bits per heavy atom. The van der Waals surface area contributed by atoms with Crippen LogP contribution in [-0.2, 0) is 10.2 Å². The van der Waals surface area contributed by atoms with Crippen LogP contribution in [-0.4, -0.2) is 41.1 Å². The number of alkyl halides is 3. The van der Waals surface area contributed by atoms with Crippen LogP contribution in [0.3, 0.4) is 0 Å². The number of carbonyl (C=O) groups excluding carboxylic acids is 3. The molecule has 6 nitrogen and oxygen atoms in total. The number of benzene rings is 1. The summed E-state index contributed by atoms with van der Waals surface area (Å²) in [4.78, 5) is 37.4. The molecule has 2 rings (SSSR count). The fraction of sp³-hybridized carbons (Fsp3) is 0.526. The Hall–Kier alpha value is -2.58. The lowest BCUT2D eigenvalue weighted by atomic mass is 9.86. The second kappa shape index (κ2) is 7.44. The largest absolute Gasteiger partial charge is 0.440 e. The van der Waals surface area contributed by atoms with Crippen LogP contribution >= 0.6 is 0 Å². The lowest BCUT2D eigenvalue weighted by Crippen LogP contribution is -2.69. The molecule has 28 heavy (non-hydrogen) atoms. The van der Waals surface area contributed by atoms with Crippen molar-refractivity contribution in [2.45, 2.75) is 57.8 Å². The van der Waals surface area contributed by atoms with Crippen LogP contribution in [0.25, 0.3) is 0 Å². The van der Waals surface area contributed by atoms with Gasteiger partial charge in [0.25, 0.3) is 17.5 Å². The summed E-state index contributed by atoms with van der Waals surface area (Å²) in [6.07, 6.45) is -4.26. The molecule has 1 heterocycles. The van der Waals surface area contributed by atoms with Crippen LogP contribution < -0.4 is 10.6 Å². The maximum atomic E-state index is 13.8. The molecule has 1 aliphatic heterocycles. The zero-order valence-electron chi connectivity index (χ0n) is 16.2. The number of urea groups is 1. The molecular weight excluding hydrogens is 375 g/mol. The van der Waals surface area contributed by atoms with Gasteiger partial charge in [-0.05, 0) is 29.5 Å². The Kier molecular flexibility index (Phi) is 5.77. The molecule has 1 aliphatic rings. The predicted molar refractivity (Wildman–Crippen MR) is 96.5 cm³/mol. The van der Waals surface area contributed by atoms with Gasteiger partial charge >= 0.3 is 12.2 Å². The molecule has 0 bridgehead atoms. The van der Waals surface area contributed by atoms with E-state index < -0.39 is 29.7 Å². The van der Waals surface area contributed by atoms with E-state index in [0.29, 0.717) is 17.7 Å². The number of carbonyl (C=O) groups is 3. The zero-order valence-corrected chi connectivity index (χ0v) is 16.2. The lowest BCUT2D eigenvalue weighted by molar-refractivity contribution is -0.200. The summed E-state index contributed by atoms with van der Waals surface area (Å²) in [6, 6.07) is 4.86. The molecule has 0 spiro atoms. The monoisotopic (exact) mass is 399 g/mol. The van der Waals surface area contributed by atoms with Crippen LogP contribution in [0, 0.1) is 0 Å². The average Bonchev–Trinajstić information content (AvgIpc) is 2.83. The minimum atomic E-state index is -5.21. The third-order valence-corrected chi connectivity index (χ3v) is 4.58. The van der Waals surface area contributed by atoms with E-state index in [1.165, 1.54) is 12.1 Å². The van der Waals surface area contributed by atoms with Gasteiger partial charge in [0.2, 0.25) is 0 Å². The van der Waals surface area contributed by atoms with Crippen molar-refractivity contribution in [3.63, 3.8) is 0 Å².